The molecule has 2 unspecified atom stereocenters. The van der Waals surface area contributed by atoms with Crippen LogP contribution in [-0.4, -0.2) is 47.4 Å². The summed E-state index contributed by atoms with van der Waals surface area (Å²) in [7, 11) is -3.94. The molecule has 0 aliphatic carbocycles. The van der Waals surface area contributed by atoms with Crippen molar-refractivity contribution in [2.24, 2.45) is 5.73 Å². The van der Waals surface area contributed by atoms with Crippen LogP contribution < -0.4 is 5.73 Å². The third-order valence-electron chi connectivity index (χ3n) is 2.87. The Labute approximate surface area is 115 Å². The molecule has 1 amide bonds. The summed E-state index contributed by atoms with van der Waals surface area (Å²) in [5, 5.41) is 9.56. The summed E-state index contributed by atoms with van der Waals surface area (Å²) in [4.78, 5) is 14.9. The number of nitrogens with two attached hydrogens (primary N) is 1. The van der Waals surface area contributed by atoms with Crippen LogP contribution in [0.3, 0.4) is 0 Å². The number of rotatable bonds is 3. The van der Waals surface area contributed by atoms with Gasteiger partial charge in [0.2, 0.25) is 15.9 Å². The third-order valence-corrected chi connectivity index (χ3v) is 4.94. The molecule has 1 aliphatic heterocycles. The van der Waals surface area contributed by atoms with E-state index in [9.17, 15) is 18.3 Å². The van der Waals surface area contributed by atoms with E-state index in [0.29, 0.717) is 0 Å². The largest absolute Gasteiger partial charge is 0.392 e. The van der Waals surface area contributed by atoms with E-state index in [0.717, 1.165) is 4.31 Å². The monoisotopic (exact) mass is 305 g/mol. The molecule has 1 fully saturated rings. The minimum Gasteiger partial charge on any atom is -0.392 e. The average Bonchev–Trinajstić information content (AvgIpc) is 2.72. The lowest BCUT2D eigenvalue weighted by molar-refractivity contribution is -0.121. The zero-order valence-electron chi connectivity index (χ0n) is 9.73. The second-order valence-corrected chi connectivity index (χ2v) is 6.47. The molecule has 2 atom stereocenters. The Morgan fingerprint density at radius 2 is 2.26 bits per heavy atom. The number of aromatic nitrogens is 1. The molecule has 0 spiro atoms. The van der Waals surface area contributed by atoms with Gasteiger partial charge in [-0.1, -0.05) is 11.6 Å². The van der Waals surface area contributed by atoms with E-state index in [1.54, 1.807) is 0 Å². The number of aliphatic hydroxyl groups is 1. The Bertz CT molecular complexity index is 607. The van der Waals surface area contributed by atoms with E-state index in [1.807, 2.05) is 0 Å². The number of amides is 1. The van der Waals surface area contributed by atoms with Gasteiger partial charge in [-0.3, -0.25) is 4.79 Å². The number of carbonyl (C=O) groups excluding carboxylic acids is 1. The van der Waals surface area contributed by atoms with Gasteiger partial charge in [-0.05, 0) is 12.1 Å². The number of hydrogen-bond donors (Lipinski definition) is 2. The first-order chi connectivity index (χ1) is 8.82. The molecule has 7 nitrogen and oxygen atoms in total. The normalized spacial score (nSPS) is 24.5. The smallest absolute Gasteiger partial charge is 0.244 e. The highest BCUT2D eigenvalue weighted by Crippen LogP contribution is 2.26. The van der Waals surface area contributed by atoms with Crippen molar-refractivity contribution in [1.82, 2.24) is 9.29 Å². The zero-order chi connectivity index (χ0) is 14.2. The van der Waals surface area contributed by atoms with E-state index in [1.165, 1.54) is 18.3 Å². The van der Waals surface area contributed by atoms with Gasteiger partial charge in [0.05, 0.1) is 11.0 Å². The van der Waals surface area contributed by atoms with Gasteiger partial charge in [0.1, 0.15) is 11.2 Å². The Kier molecular flexibility index (Phi) is 3.77. The molecule has 104 valence electrons. The van der Waals surface area contributed by atoms with Crippen molar-refractivity contribution < 1.29 is 18.3 Å². The van der Waals surface area contributed by atoms with E-state index in [2.05, 4.69) is 4.98 Å². The standard InChI is InChI=1S/C10H12ClN3O4S/c11-9-4-7(1-2-13-9)19(17,18)14-5-6(15)3-8(14)10(12)16/h1-2,4,6,8,15H,3,5H2,(H2,12,16). The van der Waals surface area contributed by atoms with Crippen molar-refractivity contribution in [3.63, 3.8) is 0 Å². The number of nitrogens with zero attached hydrogens (tertiary/aromatic N) is 2. The van der Waals surface area contributed by atoms with Gasteiger partial charge in [0.15, 0.2) is 0 Å². The first-order valence-electron chi connectivity index (χ1n) is 5.43. The lowest BCUT2D eigenvalue weighted by atomic mass is 10.2. The minimum absolute atomic E-state index is 0.00657. The molecule has 0 radical (unpaired) electrons. The molecule has 1 aromatic rings. The van der Waals surface area contributed by atoms with E-state index in [-0.39, 0.29) is 23.0 Å². The Morgan fingerprint density at radius 3 is 2.84 bits per heavy atom. The molecule has 0 bridgehead atoms. The molecular weight excluding hydrogens is 294 g/mol. The second kappa shape index (κ2) is 5.04. The lowest BCUT2D eigenvalue weighted by Crippen LogP contribution is -2.43. The highest BCUT2D eigenvalue weighted by atomic mass is 35.5. The molecule has 1 saturated heterocycles. The average molecular weight is 306 g/mol. The molecule has 1 aromatic heterocycles. The topological polar surface area (TPSA) is 114 Å². The van der Waals surface area contributed by atoms with Crippen LogP contribution in [0.5, 0.6) is 0 Å². The SMILES string of the molecule is NC(=O)C1CC(O)CN1S(=O)(=O)c1ccnc(Cl)c1. The number of carbonyl (C=O) groups is 1. The third kappa shape index (κ3) is 2.71. The quantitative estimate of drug-likeness (QED) is 0.720. The van der Waals surface area contributed by atoms with Crippen molar-refractivity contribution in [3.05, 3.63) is 23.5 Å². The van der Waals surface area contributed by atoms with Gasteiger partial charge in [-0.15, -0.1) is 0 Å². The summed E-state index contributed by atoms with van der Waals surface area (Å²) in [5.74, 6) is -0.791. The molecule has 2 heterocycles. The number of aliphatic hydroxyl groups excluding tert-OH is 1. The summed E-state index contributed by atoms with van der Waals surface area (Å²) < 4.78 is 25.6. The van der Waals surface area contributed by atoms with Gasteiger partial charge in [-0.25, -0.2) is 13.4 Å². The first kappa shape index (κ1) is 14.2. The molecule has 3 N–H and O–H groups in total. The maximum Gasteiger partial charge on any atom is 0.244 e. The first-order valence-corrected chi connectivity index (χ1v) is 7.25. The van der Waals surface area contributed by atoms with Crippen molar-refractivity contribution in [2.75, 3.05) is 6.54 Å². The Hall–Kier alpha value is -1.22. The van der Waals surface area contributed by atoms with Gasteiger partial charge < -0.3 is 10.8 Å². The molecule has 0 aromatic carbocycles. The van der Waals surface area contributed by atoms with Crippen LogP contribution in [0.15, 0.2) is 23.2 Å². The highest BCUT2D eigenvalue weighted by Gasteiger charge is 2.42. The van der Waals surface area contributed by atoms with Crippen molar-refractivity contribution in [3.8, 4) is 0 Å². The maximum atomic E-state index is 12.4. The van der Waals surface area contributed by atoms with Crippen LogP contribution >= 0.6 is 11.6 Å². The number of pyridine rings is 1. The van der Waals surface area contributed by atoms with E-state index in [4.69, 9.17) is 17.3 Å². The van der Waals surface area contributed by atoms with Crippen LogP contribution in [0.4, 0.5) is 0 Å². The summed E-state index contributed by atoms with van der Waals surface area (Å²) in [6.45, 7) is -0.171. The molecule has 9 heteroatoms. The van der Waals surface area contributed by atoms with E-state index >= 15 is 0 Å². The van der Waals surface area contributed by atoms with Crippen molar-refractivity contribution >= 4 is 27.5 Å². The van der Waals surface area contributed by atoms with Gasteiger partial charge >= 0.3 is 0 Å². The van der Waals surface area contributed by atoms with Crippen LogP contribution in [0.2, 0.25) is 5.15 Å². The molecule has 2 rings (SSSR count). The Morgan fingerprint density at radius 1 is 1.58 bits per heavy atom. The van der Waals surface area contributed by atoms with Crippen molar-refractivity contribution in [1.29, 1.82) is 0 Å². The van der Waals surface area contributed by atoms with Gasteiger partial charge in [0, 0.05) is 19.2 Å². The molecule has 19 heavy (non-hydrogen) atoms. The van der Waals surface area contributed by atoms with Crippen LogP contribution in [-0.2, 0) is 14.8 Å². The number of sulfonamides is 1. The summed E-state index contributed by atoms with van der Waals surface area (Å²) in [5.41, 5.74) is 5.16. The second-order valence-electron chi connectivity index (χ2n) is 4.20. The summed E-state index contributed by atoms with van der Waals surface area (Å²) in [6.07, 6.45) is 0.332. The molecule has 1 aliphatic rings. The van der Waals surface area contributed by atoms with Crippen molar-refractivity contribution in [2.45, 2.75) is 23.5 Å². The van der Waals surface area contributed by atoms with Gasteiger partial charge in [-0.2, -0.15) is 4.31 Å². The molecular formula is C10H12ClN3O4S. The fourth-order valence-corrected chi connectivity index (χ4v) is 3.89. The number of β-amino-alcohol motifs (C(OH)–C–C–N with tert-alkyl or cyclic N) is 1. The predicted octanol–water partition coefficient (Wildman–Crippen LogP) is -0.656. The number of primary amides is 1. The summed E-state index contributed by atoms with van der Waals surface area (Å²) >= 11 is 5.65. The maximum absolute atomic E-state index is 12.4. The van der Waals surface area contributed by atoms with Crippen LogP contribution in [0, 0.1) is 0 Å². The van der Waals surface area contributed by atoms with Gasteiger partial charge in [0.25, 0.3) is 0 Å². The highest BCUT2D eigenvalue weighted by molar-refractivity contribution is 7.89. The fraction of sp³-hybridized carbons (Fsp3) is 0.400. The molecule has 0 saturated carbocycles. The lowest BCUT2D eigenvalue weighted by Gasteiger charge is -2.21. The number of halogens is 1. The zero-order valence-corrected chi connectivity index (χ0v) is 11.3. The van der Waals surface area contributed by atoms with Crippen LogP contribution in [0.25, 0.3) is 0 Å². The predicted molar refractivity (Wildman–Crippen MR) is 66.7 cm³/mol. The summed E-state index contributed by atoms with van der Waals surface area (Å²) in [6, 6.07) is 1.40. The van der Waals surface area contributed by atoms with Crippen LogP contribution in [0.1, 0.15) is 6.42 Å². The minimum atomic E-state index is -3.94. The Balaban J connectivity index is 2.41. The number of hydrogen-bond acceptors (Lipinski definition) is 5. The van der Waals surface area contributed by atoms with E-state index < -0.39 is 28.1 Å². The fourth-order valence-electron chi connectivity index (χ4n) is 1.99.